The summed E-state index contributed by atoms with van der Waals surface area (Å²) in [4.78, 5) is 33.8. The van der Waals surface area contributed by atoms with Crippen molar-refractivity contribution in [1.29, 1.82) is 0 Å². The number of hydrogen-bond donors (Lipinski definition) is 3. The molecule has 0 unspecified atom stereocenters. The molecule has 4 N–H and O–H groups in total. The van der Waals surface area contributed by atoms with Crippen molar-refractivity contribution in [1.82, 2.24) is 10.6 Å². The highest BCUT2D eigenvalue weighted by Crippen LogP contribution is 2.15. The van der Waals surface area contributed by atoms with Crippen LogP contribution in [0.25, 0.3) is 0 Å². The van der Waals surface area contributed by atoms with E-state index >= 15 is 0 Å². The highest BCUT2D eigenvalue weighted by Gasteiger charge is 2.17. The van der Waals surface area contributed by atoms with E-state index in [0.717, 1.165) is 6.07 Å². The van der Waals surface area contributed by atoms with E-state index in [2.05, 4.69) is 5.32 Å². The summed E-state index contributed by atoms with van der Waals surface area (Å²) in [6.45, 7) is 0.874. The molecule has 3 amide bonds. The average molecular weight is 329 g/mol. The molecule has 0 aliphatic heterocycles. The molecule has 1 rings (SSSR count). The normalized spacial score (nSPS) is 10.7. The first kappa shape index (κ1) is 17.6. The summed E-state index contributed by atoms with van der Waals surface area (Å²) in [6, 6.07) is 2.96. The molecule has 120 valence electrons. The lowest BCUT2D eigenvalue weighted by Gasteiger charge is -2.08. The molecule has 0 heterocycles. The number of primary sulfonamides is 1. The van der Waals surface area contributed by atoms with Crippen molar-refractivity contribution in [3.05, 3.63) is 29.3 Å². The van der Waals surface area contributed by atoms with Gasteiger partial charge in [-0.15, -0.1) is 0 Å². The number of rotatable bonds is 4. The Kier molecular flexibility index (Phi) is 5.60. The maximum absolute atomic E-state index is 11.9. The molecule has 9 nitrogen and oxygen atoms in total. The van der Waals surface area contributed by atoms with Gasteiger partial charge in [-0.25, -0.2) is 23.1 Å². The number of amides is 3. The molecule has 0 atom stereocenters. The monoisotopic (exact) mass is 329 g/mol. The Morgan fingerprint density at radius 1 is 1.27 bits per heavy atom. The van der Waals surface area contributed by atoms with E-state index < -0.39 is 34.5 Å². The highest BCUT2D eigenvalue weighted by atomic mass is 32.2. The van der Waals surface area contributed by atoms with Gasteiger partial charge in [0.1, 0.15) is 0 Å². The number of aryl methyl sites for hydroxylation is 1. The maximum atomic E-state index is 11.9. The molecule has 0 aromatic heterocycles. The van der Waals surface area contributed by atoms with Gasteiger partial charge in [0, 0.05) is 7.05 Å². The number of sulfonamides is 1. The number of imide groups is 1. The van der Waals surface area contributed by atoms with Crippen LogP contribution in [0.3, 0.4) is 0 Å². The molecule has 0 bridgehead atoms. The number of nitrogens with one attached hydrogen (secondary N) is 2. The number of carbonyl (C=O) groups excluding carboxylic acids is 3. The molecule has 1 aromatic rings. The minimum absolute atomic E-state index is 0.0423. The fourth-order valence-electron chi connectivity index (χ4n) is 1.43. The van der Waals surface area contributed by atoms with Crippen LogP contribution in [-0.4, -0.2) is 40.0 Å². The number of benzene rings is 1. The molecule has 0 aliphatic rings. The Labute approximate surface area is 126 Å². The highest BCUT2D eigenvalue weighted by molar-refractivity contribution is 7.89. The minimum Gasteiger partial charge on any atom is -0.452 e. The second-order valence-electron chi connectivity index (χ2n) is 4.23. The standard InChI is InChI=1S/C12H15N3O6S/c1-7-3-4-8(22(13,19)20)5-9(7)11(17)21-6-10(16)15-12(18)14-2/h3-5H,6H2,1-2H3,(H2,13,19,20)(H2,14,15,16,18). The van der Waals surface area contributed by atoms with Crippen LogP contribution in [0.2, 0.25) is 0 Å². The summed E-state index contributed by atoms with van der Waals surface area (Å²) in [6.07, 6.45) is 0. The fourth-order valence-corrected chi connectivity index (χ4v) is 1.97. The van der Waals surface area contributed by atoms with E-state index in [1.54, 1.807) is 6.92 Å². The summed E-state index contributed by atoms with van der Waals surface area (Å²) in [5.41, 5.74) is 0.406. The van der Waals surface area contributed by atoms with Gasteiger partial charge in [0.2, 0.25) is 10.0 Å². The Morgan fingerprint density at radius 3 is 2.45 bits per heavy atom. The van der Waals surface area contributed by atoms with Crippen molar-refractivity contribution in [2.24, 2.45) is 5.14 Å². The van der Waals surface area contributed by atoms with E-state index in [4.69, 9.17) is 9.88 Å². The lowest BCUT2D eigenvalue weighted by atomic mass is 10.1. The van der Waals surface area contributed by atoms with E-state index in [-0.39, 0.29) is 10.5 Å². The lowest BCUT2D eigenvalue weighted by Crippen LogP contribution is -2.39. The van der Waals surface area contributed by atoms with Gasteiger partial charge in [0.05, 0.1) is 10.5 Å². The van der Waals surface area contributed by atoms with E-state index in [0.29, 0.717) is 5.56 Å². The van der Waals surface area contributed by atoms with Gasteiger partial charge < -0.3 is 10.1 Å². The summed E-state index contributed by atoms with van der Waals surface area (Å²) in [5.74, 6) is -1.73. The third-order valence-electron chi connectivity index (χ3n) is 2.57. The summed E-state index contributed by atoms with van der Waals surface area (Å²) < 4.78 is 27.2. The van der Waals surface area contributed by atoms with Crippen molar-refractivity contribution in [2.45, 2.75) is 11.8 Å². The molecule has 0 radical (unpaired) electrons. The van der Waals surface area contributed by atoms with Gasteiger partial charge in [-0.1, -0.05) is 6.07 Å². The number of urea groups is 1. The SMILES string of the molecule is CNC(=O)NC(=O)COC(=O)c1cc(S(N)(=O)=O)ccc1C. The molecule has 22 heavy (non-hydrogen) atoms. The first-order chi connectivity index (χ1) is 10.1. The topological polar surface area (TPSA) is 145 Å². The Hall–Kier alpha value is -2.46. The smallest absolute Gasteiger partial charge is 0.338 e. The Balaban J connectivity index is 2.82. The first-order valence-electron chi connectivity index (χ1n) is 5.97. The van der Waals surface area contributed by atoms with Crippen LogP contribution in [-0.2, 0) is 19.6 Å². The number of nitrogens with two attached hydrogens (primary N) is 1. The Bertz CT molecular complexity index is 714. The minimum atomic E-state index is -3.97. The number of carbonyl (C=O) groups is 3. The van der Waals surface area contributed by atoms with Crippen molar-refractivity contribution < 1.29 is 27.5 Å². The van der Waals surface area contributed by atoms with Crippen LogP contribution in [0, 0.1) is 6.92 Å². The third kappa shape index (κ3) is 4.82. The van der Waals surface area contributed by atoms with Crippen molar-refractivity contribution in [3.63, 3.8) is 0 Å². The number of esters is 1. The van der Waals surface area contributed by atoms with E-state index in [9.17, 15) is 22.8 Å². The summed E-state index contributed by atoms with van der Waals surface area (Å²) in [7, 11) is -2.65. The molecule has 0 saturated carbocycles. The molecular weight excluding hydrogens is 314 g/mol. The number of ether oxygens (including phenoxy) is 1. The van der Waals surface area contributed by atoms with Gasteiger partial charge in [-0.2, -0.15) is 0 Å². The van der Waals surface area contributed by atoms with Crippen LogP contribution < -0.4 is 15.8 Å². The molecule has 10 heteroatoms. The van der Waals surface area contributed by atoms with Crippen molar-refractivity contribution in [2.75, 3.05) is 13.7 Å². The molecule has 0 fully saturated rings. The zero-order chi connectivity index (χ0) is 16.9. The van der Waals surface area contributed by atoms with Gasteiger partial charge >= 0.3 is 12.0 Å². The zero-order valence-electron chi connectivity index (χ0n) is 11.9. The predicted molar refractivity (Wildman–Crippen MR) is 75.4 cm³/mol. The van der Waals surface area contributed by atoms with Gasteiger partial charge in [0.15, 0.2) is 6.61 Å². The van der Waals surface area contributed by atoms with Gasteiger partial charge in [0.25, 0.3) is 5.91 Å². The summed E-state index contributed by atoms with van der Waals surface area (Å²) >= 11 is 0. The second kappa shape index (κ2) is 7.00. The Morgan fingerprint density at radius 2 is 1.91 bits per heavy atom. The number of hydrogen-bond acceptors (Lipinski definition) is 6. The molecule has 0 aliphatic carbocycles. The first-order valence-corrected chi connectivity index (χ1v) is 7.52. The van der Waals surface area contributed by atoms with Crippen LogP contribution in [0.4, 0.5) is 4.79 Å². The molecular formula is C12H15N3O6S. The van der Waals surface area contributed by atoms with Gasteiger partial charge in [-0.3, -0.25) is 10.1 Å². The van der Waals surface area contributed by atoms with Crippen LogP contribution >= 0.6 is 0 Å². The molecule has 1 aromatic carbocycles. The van der Waals surface area contributed by atoms with Crippen molar-refractivity contribution >= 4 is 27.9 Å². The third-order valence-corrected chi connectivity index (χ3v) is 3.48. The van der Waals surface area contributed by atoms with Crippen LogP contribution in [0.1, 0.15) is 15.9 Å². The maximum Gasteiger partial charge on any atom is 0.338 e. The van der Waals surface area contributed by atoms with Crippen LogP contribution in [0.15, 0.2) is 23.1 Å². The second-order valence-corrected chi connectivity index (χ2v) is 5.79. The molecule has 0 spiro atoms. The average Bonchev–Trinajstić information content (AvgIpc) is 2.43. The van der Waals surface area contributed by atoms with E-state index in [1.807, 2.05) is 5.32 Å². The van der Waals surface area contributed by atoms with Crippen molar-refractivity contribution in [3.8, 4) is 0 Å². The molecule has 0 saturated heterocycles. The van der Waals surface area contributed by atoms with E-state index in [1.165, 1.54) is 19.2 Å². The van der Waals surface area contributed by atoms with Crippen LogP contribution in [0.5, 0.6) is 0 Å². The lowest BCUT2D eigenvalue weighted by molar-refractivity contribution is -0.123. The summed E-state index contributed by atoms with van der Waals surface area (Å²) in [5, 5.41) is 9.04. The zero-order valence-corrected chi connectivity index (χ0v) is 12.7. The quantitative estimate of drug-likeness (QED) is 0.620. The van der Waals surface area contributed by atoms with Gasteiger partial charge in [-0.05, 0) is 24.6 Å². The predicted octanol–water partition coefficient (Wildman–Crippen LogP) is -0.745. The largest absolute Gasteiger partial charge is 0.452 e. The fraction of sp³-hybridized carbons (Fsp3) is 0.250.